The third-order valence-corrected chi connectivity index (χ3v) is 3.64. The summed E-state index contributed by atoms with van der Waals surface area (Å²) >= 11 is 0. The van der Waals surface area contributed by atoms with E-state index in [0.717, 1.165) is 25.7 Å². The zero-order chi connectivity index (χ0) is 12.3. The number of aromatic nitrogens is 1. The molecule has 17 heavy (non-hydrogen) atoms. The van der Waals surface area contributed by atoms with E-state index >= 15 is 0 Å². The fraction of sp³-hybridized carbons (Fsp3) is 0.538. The van der Waals surface area contributed by atoms with E-state index in [2.05, 4.69) is 4.98 Å². The van der Waals surface area contributed by atoms with E-state index in [1.807, 2.05) is 0 Å². The number of hydrogen-bond donors (Lipinski definition) is 1. The first kappa shape index (κ1) is 12.0. The van der Waals surface area contributed by atoms with E-state index in [1.54, 1.807) is 25.4 Å². The van der Waals surface area contributed by atoms with Gasteiger partial charge in [0.15, 0.2) is 5.78 Å². The number of rotatable bonds is 4. The fourth-order valence-corrected chi connectivity index (χ4v) is 2.55. The van der Waals surface area contributed by atoms with Crippen molar-refractivity contribution in [2.75, 3.05) is 13.7 Å². The van der Waals surface area contributed by atoms with Crippen molar-refractivity contribution in [3.8, 4) is 5.75 Å². The van der Waals surface area contributed by atoms with Gasteiger partial charge in [0.2, 0.25) is 0 Å². The second-order valence-electron chi connectivity index (χ2n) is 4.57. The van der Waals surface area contributed by atoms with Gasteiger partial charge in [-0.15, -0.1) is 0 Å². The van der Waals surface area contributed by atoms with Crippen LogP contribution in [-0.4, -0.2) is 24.4 Å². The van der Waals surface area contributed by atoms with Crippen LogP contribution in [0.3, 0.4) is 0 Å². The molecule has 1 aromatic rings. The largest absolute Gasteiger partial charge is 0.494 e. The van der Waals surface area contributed by atoms with Gasteiger partial charge >= 0.3 is 0 Å². The Hall–Kier alpha value is -1.42. The Morgan fingerprint density at radius 2 is 2.24 bits per heavy atom. The third kappa shape index (κ3) is 2.05. The van der Waals surface area contributed by atoms with Crippen molar-refractivity contribution >= 4 is 5.78 Å². The lowest BCUT2D eigenvalue weighted by atomic mass is 9.80. The van der Waals surface area contributed by atoms with E-state index in [1.165, 1.54) is 0 Å². The number of ether oxygens (including phenoxy) is 1. The molecule has 4 heteroatoms. The number of ketones is 1. The van der Waals surface area contributed by atoms with Crippen LogP contribution in [0.5, 0.6) is 5.75 Å². The maximum atomic E-state index is 12.6. The summed E-state index contributed by atoms with van der Waals surface area (Å²) in [7, 11) is 1.55. The average molecular weight is 234 g/mol. The summed E-state index contributed by atoms with van der Waals surface area (Å²) in [5, 5.41) is 0. The predicted molar refractivity (Wildman–Crippen MR) is 65.1 cm³/mol. The van der Waals surface area contributed by atoms with Crippen LogP contribution < -0.4 is 10.5 Å². The van der Waals surface area contributed by atoms with Gasteiger partial charge in [-0.2, -0.15) is 0 Å². The van der Waals surface area contributed by atoms with Crippen LogP contribution in [0.2, 0.25) is 0 Å². The molecule has 1 aliphatic rings. The molecule has 0 unspecified atom stereocenters. The van der Waals surface area contributed by atoms with Gasteiger partial charge in [-0.25, -0.2) is 4.98 Å². The number of hydrogen-bond acceptors (Lipinski definition) is 4. The van der Waals surface area contributed by atoms with E-state index < -0.39 is 5.41 Å². The van der Waals surface area contributed by atoms with Crippen LogP contribution in [0.1, 0.15) is 36.2 Å². The molecule has 92 valence electrons. The molecule has 0 aliphatic heterocycles. The van der Waals surface area contributed by atoms with Gasteiger partial charge < -0.3 is 10.5 Å². The Morgan fingerprint density at radius 1 is 1.53 bits per heavy atom. The standard InChI is InChI=1S/C13H18N2O2/c1-17-10-5-4-8-15-11(10)12(16)13(9-14)6-2-3-7-13/h4-5,8H,2-3,6-7,9,14H2,1H3. The molecule has 1 saturated carbocycles. The first-order valence-electron chi connectivity index (χ1n) is 5.97. The highest BCUT2D eigenvalue weighted by Crippen LogP contribution is 2.40. The Bertz CT molecular complexity index is 412. The Labute approximate surface area is 101 Å². The molecule has 1 aromatic heterocycles. The third-order valence-electron chi connectivity index (χ3n) is 3.64. The van der Waals surface area contributed by atoms with Crippen molar-refractivity contribution in [2.45, 2.75) is 25.7 Å². The number of pyridine rings is 1. The van der Waals surface area contributed by atoms with E-state index in [-0.39, 0.29) is 5.78 Å². The quantitative estimate of drug-likeness (QED) is 0.807. The molecule has 0 bridgehead atoms. The summed E-state index contributed by atoms with van der Waals surface area (Å²) in [4.78, 5) is 16.7. The Balaban J connectivity index is 2.35. The topological polar surface area (TPSA) is 65.2 Å². The van der Waals surface area contributed by atoms with Gasteiger partial charge in [0.05, 0.1) is 7.11 Å². The number of nitrogens with zero attached hydrogens (tertiary/aromatic N) is 1. The average Bonchev–Trinajstić information content (AvgIpc) is 2.88. The summed E-state index contributed by atoms with van der Waals surface area (Å²) < 4.78 is 5.19. The second-order valence-corrected chi connectivity index (χ2v) is 4.57. The van der Waals surface area contributed by atoms with Crippen molar-refractivity contribution in [2.24, 2.45) is 11.1 Å². The number of carbonyl (C=O) groups excluding carboxylic acids is 1. The molecule has 1 aliphatic carbocycles. The molecule has 0 aromatic carbocycles. The minimum atomic E-state index is -0.415. The van der Waals surface area contributed by atoms with Crippen LogP contribution in [-0.2, 0) is 0 Å². The molecule has 2 rings (SSSR count). The number of Topliss-reactive ketones (excluding diaryl/α,β-unsaturated/α-hetero) is 1. The monoisotopic (exact) mass is 234 g/mol. The predicted octanol–water partition coefficient (Wildman–Crippen LogP) is 1.79. The molecule has 0 amide bonds. The van der Waals surface area contributed by atoms with Crippen LogP contribution in [0.25, 0.3) is 0 Å². The van der Waals surface area contributed by atoms with Crippen LogP contribution in [0.15, 0.2) is 18.3 Å². The summed E-state index contributed by atoms with van der Waals surface area (Å²) in [6.45, 7) is 0.394. The van der Waals surface area contributed by atoms with E-state index in [4.69, 9.17) is 10.5 Å². The molecule has 0 radical (unpaired) electrons. The van der Waals surface area contributed by atoms with Gasteiger partial charge in [0.25, 0.3) is 0 Å². The van der Waals surface area contributed by atoms with Crippen molar-refractivity contribution < 1.29 is 9.53 Å². The van der Waals surface area contributed by atoms with Gasteiger partial charge in [0, 0.05) is 18.2 Å². The first-order chi connectivity index (χ1) is 8.23. The van der Waals surface area contributed by atoms with Crippen molar-refractivity contribution in [3.05, 3.63) is 24.0 Å². The molecular weight excluding hydrogens is 216 g/mol. The molecule has 0 spiro atoms. The molecule has 0 saturated heterocycles. The minimum absolute atomic E-state index is 0.0370. The maximum Gasteiger partial charge on any atom is 0.192 e. The van der Waals surface area contributed by atoms with Gasteiger partial charge in [-0.1, -0.05) is 12.8 Å². The molecule has 1 fully saturated rings. The summed E-state index contributed by atoms with van der Waals surface area (Å²) in [5.74, 6) is 0.576. The van der Waals surface area contributed by atoms with Crippen molar-refractivity contribution in [3.63, 3.8) is 0 Å². The Kier molecular flexibility index (Phi) is 3.43. The zero-order valence-corrected chi connectivity index (χ0v) is 10.1. The van der Waals surface area contributed by atoms with Crippen LogP contribution in [0.4, 0.5) is 0 Å². The number of nitrogens with two attached hydrogens (primary N) is 1. The van der Waals surface area contributed by atoms with E-state index in [0.29, 0.717) is 18.0 Å². The maximum absolute atomic E-state index is 12.6. The molecule has 0 atom stereocenters. The normalized spacial score (nSPS) is 18.0. The molecule has 1 heterocycles. The highest BCUT2D eigenvalue weighted by Gasteiger charge is 2.41. The highest BCUT2D eigenvalue weighted by atomic mass is 16.5. The lowest BCUT2D eigenvalue weighted by molar-refractivity contribution is 0.0800. The summed E-state index contributed by atoms with van der Waals surface area (Å²) in [6, 6.07) is 3.53. The van der Waals surface area contributed by atoms with Crippen LogP contribution >= 0.6 is 0 Å². The smallest absolute Gasteiger partial charge is 0.192 e. The molecule has 2 N–H and O–H groups in total. The zero-order valence-electron chi connectivity index (χ0n) is 10.1. The van der Waals surface area contributed by atoms with E-state index in [9.17, 15) is 4.79 Å². The van der Waals surface area contributed by atoms with Gasteiger partial charge in [0.1, 0.15) is 11.4 Å². The first-order valence-corrected chi connectivity index (χ1v) is 5.97. The summed E-state index contributed by atoms with van der Waals surface area (Å²) in [6.07, 6.45) is 5.48. The highest BCUT2D eigenvalue weighted by molar-refractivity contribution is 6.01. The molecule has 4 nitrogen and oxygen atoms in total. The van der Waals surface area contributed by atoms with Gasteiger partial charge in [-0.05, 0) is 25.0 Å². The SMILES string of the molecule is COc1cccnc1C(=O)C1(CN)CCCC1. The summed E-state index contributed by atoms with van der Waals surface area (Å²) in [5.41, 5.74) is 5.81. The number of methoxy groups -OCH3 is 1. The molecular formula is C13H18N2O2. The number of carbonyl (C=O) groups is 1. The van der Waals surface area contributed by atoms with Crippen LogP contribution in [0, 0.1) is 5.41 Å². The fourth-order valence-electron chi connectivity index (χ4n) is 2.55. The van der Waals surface area contributed by atoms with Crippen molar-refractivity contribution in [1.29, 1.82) is 0 Å². The lowest BCUT2D eigenvalue weighted by Crippen LogP contribution is -2.36. The van der Waals surface area contributed by atoms with Crippen molar-refractivity contribution in [1.82, 2.24) is 4.98 Å². The lowest BCUT2D eigenvalue weighted by Gasteiger charge is -2.25. The second kappa shape index (κ2) is 4.84. The minimum Gasteiger partial charge on any atom is -0.494 e. The van der Waals surface area contributed by atoms with Gasteiger partial charge in [-0.3, -0.25) is 4.79 Å². The Morgan fingerprint density at radius 3 is 2.82 bits per heavy atom.